The smallest absolute Gasteiger partial charge is 0.271 e. The molecule has 0 saturated carbocycles. The fourth-order valence-corrected chi connectivity index (χ4v) is 2.56. The van der Waals surface area contributed by atoms with Gasteiger partial charge in [-0.05, 0) is 43.3 Å². The number of phenols is 1. The number of sulfonamides is 1. The number of hydrazone groups is 1. The molecule has 0 saturated heterocycles. The molecule has 0 aliphatic rings. The van der Waals surface area contributed by atoms with Crippen molar-refractivity contribution in [3.63, 3.8) is 0 Å². The summed E-state index contributed by atoms with van der Waals surface area (Å²) >= 11 is 0. The predicted molar refractivity (Wildman–Crippen MR) is 97.5 cm³/mol. The first-order valence-corrected chi connectivity index (χ1v) is 9.22. The zero-order valence-corrected chi connectivity index (χ0v) is 14.9. The highest BCUT2D eigenvalue weighted by Crippen LogP contribution is 2.17. The molecule has 2 N–H and O–H groups in total. The van der Waals surface area contributed by atoms with Crippen LogP contribution in [0.5, 0.6) is 5.75 Å². The molecule has 0 spiro atoms. The minimum absolute atomic E-state index is 0.0752. The Balaban J connectivity index is 2.11. The van der Waals surface area contributed by atoms with Crippen LogP contribution in [0.1, 0.15) is 22.8 Å². The van der Waals surface area contributed by atoms with Gasteiger partial charge in [0.05, 0.1) is 17.7 Å². The van der Waals surface area contributed by atoms with E-state index >= 15 is 0 Å². The number of nitrogens with zero attached hydrogens (tertiary/aromatic N) is 2. The van der Waals surface area contributed by atoms with Gasteiger partial charge in [-0.2, -0.15) is 5.10 Å². The molecule has 2 rings (SSSR count). The van der Waals surface area contributed by atoms with Crippen molar-refractivity contribution in [1.82, 2.24) is 5.43 Å². The first-order chi connectivity index (χ1) is 11.7. The van der Waals surface area contributed by atoms with Crippen molar-refractivity contribution in [2.75, 3.05) is 17.6 Å². The van der Waals surface area contributed by atoms with Crippen molar-refractivity contribution >= 4 is 27.3 Å². The van der Waals surface area contributed by atoms with Crippen LogP contribution in [0.3, 0.4) is 0 Å². The van der Waals surface area contributed by atoms with Gasteiger partial charge in [-0.3, -0.25) is 9.10 Å². The number of anilines is 1. The lowest BCUT2D eigenvalue weighted by atomic mass is 10.1. The molecule has 0 aromatic heterocycles. The number of aromatic hydroxyl groups is 1. The molecule has 8 heteroatoms. The molecule has 7 nitrogen and oxygen atoms in total. The highest BCUT2D eigenvalue weighted by Gasteiger charge is 2.13. The number of phenolic OH excluding ortho intramolecular Hbond substituents is 1. The normalized spacial score (nSPS) is 11.9. The molecule has 1 amide bonds. The van der Waals surface area contributed by atoms with Crippen molar-refractivity contribution in [2.24, 2.45) is 5.10 Å². The van der Waals surface area contributed by atoms with Gasteiger partial charge in [0.25, 0.3) is 5.91 Å². The van der Waals surface area contributed by atoms with Crippen molar-refractivity contribution < 1.29 is 18.3 Å². The summed E-state index contributed by atoms with van der Waals surface area (Å²) in [5.41, 5.74) is 4.17. The average molecular weight is 361 g/mol. The Hall–Kier alpha value is -2.87. The third-order valence-corrected chi connectivity index (χ3v) is 4.82. The summed E-state index contributed by atoms with van der Waals surface area (Å²) in [7, 11) is -1.92. The van der Waals surface area contributed by atoms with Crippen molar-refractivity contribution in [3.8, 4) is 5.75 Å². The highest BCUT2D eigenvalue weighted by atomic mass is 32.2. The van der Waals surface area contributed by atoms with Crippen LogP contribution in [0.15, 0.2) is 53.6 Å². The monoisotopic (exact) mass is 361 g/mol. The number of rotatable bonds is 5. The van der Waals surface area contributed by atoms with Gasteiger partial charge in [0, 0.05) is 18.2 Å². The van der Waals surface area contributed by atoms with E-state index in [1.54, 1.807) is 25.1 Å². The van der Waals surface area contributed by atoms with Crippen LogP contribution >= 0.6 is 0 Å². The van der Waals surface area contributed by atoms with Gasteiger partial charge in [-0.15, -0.1) is 0 Å². The highest BCUT2D eigenvalue weighted by molar-refractivity contribution is 7.92. The zero-order valence-electron chi connectivity index (χ0n) is 14.1. The third-order valence-electron chi connectivity index (χ3n) is 3.61. The van der Waals surface area contributed by atoms with E-state index in [9.17, 15) is 18.3 Å². The molecule has 2 aromatic rings. The average Bonchev–Trinajstić information content (AvgIpc) is 2.58. The zero-order chi connectivity index (χ0) is 18.6. The molecule has 0 bridgehead atoms. The molecule has 0 atom stereocenters. The lowest BCUT2D eigenvalue weighted by Gasteiger charge is -2.16. The molecule has 0 heterocycles. The van der Waals surface area contributed by atoms with Crippen LogP contribution in [0.4, 0.5) is 5.69 Å². The number of para-hydroxylation sites is 1. The van der Waals surface area contributed by atoms with Gasteiger partial charge in [-0.1, -0.05) is 12.1 Å². The van der Waals surface area contributed by atoms with Crippen LogP contribution < -0.4 is 9.73 Å². The summed E-state index contributed by atoms with van der Waals surface area (Å²) in [6.45, 7) is 1.67. The summed E-state index contributed by atoms with van der Waals surface area (Å²) in [5.74, 6) is -0.366. The fourth-order valence-electron chi connectivity index (χ4n) is 2.05. The molecule has 0 fully saturated rings. The van der Waals surface area contributed by atoms with E-state index in [0.29, 0.717) is 22.5 Å². The number of amides is 1. The lowest BCUT2D eigenvalue weighted by molar-refractivity contribution is 0.0955. The Morgan fingerprint density at radius 1 is 1.12 bits per heavy atom. The van der Waals surface area contributed by atoms with E-state index in [-0.39, 0.29) is 5.75 Å². The molecule has 25 heavy (non-hydrogen) atoms. The van der Waals surface area contributed by atoms with Crippen LogP contribution in [-0.4, -0.2) is 38.4 Å². The summed E-state index contributed by atoms with van der Waals surface area (Å²) in [6.07, 6.45) is 1.10. The number of nitrogens with one attached hydrogen (secondary N) is 1. The van der Waals surface area contributed by atoms with Gasteiger partial charge in [-0.25, -0.2) is 13.8 Å². The first-order valence-electron chi connectivity index (χ1n) is 7.37. The van der Waals surface area contributed by atoms with E-state index in [4.69, 9.17) is 0 Å². The Morgan fingerprint density at radius 2 is 1.72 bits per heavy atom. The van der Waals surface area contributed by atoms with Crippen molar-refractivity contribution in [2.45, 2.75) is 6.92 Å². The molecule has 132 valence electrons. The van der Waals surface area contributed by atoms with E-state index in [2.05, 4.69) is 10.5 Å². The summed E-state index contributed by atoms with van der Waals surface area (Å²) < 4.78 is 24.1. The standard InChI is InChI=1S/C17H19N3O4S/c1-12(15-6-4-5-7-16(15)21)18-19-17(22)13-8-10-14(11-9-13)20(2)25(3,23)24/h4-11,21H,1-3H3,(H,19,22)/b18-12-. The Morgan fingerprint density at radius 3 is 2.28 bits per heavy atom. The number of carbonyl (C=O) groups excluding carboxylic acids is 1. The third kappa shape index (κ3) is 4.57. The van der Waals surface area contributed by atoms with Crippen LogP contribution in [0, 0.1) is 0 Å². The SMILES string of the molecule is C/C(=N/NC(=O)c1ccc(N(C)S(C)(=O)=O)cc1)c1ccccc1O. The lowest BCUT2D eigenvalue weighted by Crippen LogP contribution is -2.25. The van der Waals surface area contributed by atoms with Gasteiger partial charge >= 0.3 is 0 Å². The molecule has 0 unspecified atom stereocenters. The van der Waals surface area contributed by atoms with Crippen molar-refractivity contribution in [3.05, 3.63) is 59.7 Å². The van der Waals surface area contributed by atoms with Gasteiger partial charge < -0.3 is 5.11 Å². The van der Waals surface area contributed by atoms with E-state index in [0.717, 1.165) is 10.6 Å². The number of hydrogen-bond donors (Lipinski definition) is 2. The summed E-state index contributed by atoms with van der Waals surface area (Å²) in [4.78, 5) is 12.1. The fraction of sp³-hybridized carbons (Fsp3) is 0.176. The maximum atomic E-state index is 12.1. The van der Waals surface area contributed by atoms with Crippen molar-refractivity contribution in [1.29, 1.82) is 0 Å². The van der Waals surface area contributed by atoms with Gasteiger partial charge in [0.2, 0.25) is 10.0 Å². The Bertz CT molecular complexity index is 906. The second-order valence-electron chi connectivity index (χ2n) is 5.43. The largest absolute Gasteiger partial charge is 0.507 e. The second kappa shape index (κ2) is 7.35. The van der Waals surface area contributed by atoms with E-state index in [1.807, 2.05) is 0 Å². The second-order valence-corrected chi connectivity index (χ2v) is 7.45. The van der Waals surface area contributed by atoms with Crippen LogP contribution in [0.2, 0.25) is 0 Å². The van der Waals surface area contributed by atoms with Crippen LogP contribution in [-0.2, 0) is 10.0 Å². The minimum atomic E-state index is -3.36. The quantitative estimate of drug-likeness (QED) is 0.628. The molecule has 0 radical (unpaired) electrons. The maximum Gasteiger partial charge on any atom is 0.271 e. The molecule has 0 aliphatic heterocycles. The minimum Gasteiger partial charge on any atom is -0.507 e. The molecule has 0 aliphatic carbocycles. The molecular formula is C17H19N3O4S. The number of carbonyl (C=O) groups is 1. The molecule has 2 aromatic carbocycles. The van der Waals surface area contributed by atoms with E-state index in [1.165, 1.54) is 37.4 Å². The Kier molecular flexibility index (Phi) is 5.43. The van der Waals surface area contributed by atoms with Crippen LogP contribution in [0.25, 0.3) is 0 Å². The number of hydrogen-bond acceptors (Lipinski definition) is 5. The Labute approximate surface area is 146 Å². The summed E-state index contributed by atoms with van der Waals surface area (Å²) in [6, 6.07) is 12.8. The number of benzene rings is 2. The van der Waals surface area contributed by atoms with Gasteiger partial charge in [0.15, 0.2) is 0 Å². The van der Waals surface area contributed by atoms with Gasteiger partial charge in [0.1, 0.15) is 5.75 Å². The molecular weight excluding hydrogens is 342 g/mol. The summed E-state index contributed by atoms with van der Waals surface area (Å²) in [5, 5.41) is 13.7. The topological polar surface area (TPSA) is 99.1 Å². The predicted octanol–water partition coefficient (Wildman–Crippen LogP) is 1.94. The maximum absolute atomic E-state index is 12.1. The van der Waals surface area contributed by atoms with E-state index < -0.39 is 15.9 Å². The first kappa shape index (κ1) is 18.5.